The van der Waals surface area contributed by atoms with E-state index in [1.54, 1.807) is 12.1 Å². The van der Waals surface area contributed by atoms with Crippen LogP contribution in [0.3, 0.4) is 0 Å². The summed E-state index contributed by atoms with van der Waals surface area (Å²) in [5.41, 5.74) is 0.823. The Kier molecular flexibility index (Phi) is 3.96. The van der Waals surface area contributed by atoms with Crippen molar-refractivity contribution in [1.29, 1.82) is 0 Å². The molecule has 1 aromatic rings. The molecule has 0 atom stereocenters. The van der Waals surface area contributed by atoms with E-state index >= 15 is 0 Å². The molecule has 1 saturated heterocycles. The Morgan fingerprint density at radius 2 is 1.95 bits per heavy atom. The van der Waals surface area contributed by atoms with Crippen LogP contribution < -0.4 is 14.9 Å². The minimum absolute atomic E-state index is 0.138. The Hall–Kier alpha value is -1.11. The van der Waals surface area contributed by atoms with Gasteiger partial charge in [-0.15, -0.1) is 0 Å². The monoisotopic (exact) mass is 295 g/mol. The Morgan fingerprint density at radius 1 is 1.15 bits per heavy atom. The summed E-state index contributed by atoms with van der Waals surface area (Å²) in [6.07, 6.45) is 2.94. The summed E-state index contributed by atoms with van der Waals surface area (Å²) in [7, 11) is -3.40. The van der Waals surface area contributed by atoms with Gasteiger partial charge < -0.3 is 10.2 Å². The van der Waals surface area contributed by atoms with Crippen LogP contribution in [0.1, 0.15) is 19.3 Å². The van der Waals surface area contributed by atoms with Crippen LogP contribution in [-0.4, -0.2) is 40.6 Å². The van der Waals surface area contributed by atoms with E-state index < -0.39 is 10.0 Å². The zero-order valence-corrected chi connectivity index (χ0v) is 12.3. The molecule has 0 unspecified atom stereocenters. The first-order valence-corrected chi connectivity index (χ1v) is 8.72. The number of hydrogen-bond acceptors (Lipinski definition) is 4. The molecule has 0 amide bonds. The lowest BCUT2D eigenvalue weighted by Crippen LogP contribution is -2.32. The molecule has 5 nitrogen and oxygen atoms in total. The summed E-state index contributed by atoms with van der Waals surface area (Å²) < 4.78 is 27.7. The quantitative estimate of drug-likeness (QED) is 0.867. The van der Waals surface area contributed by atoms with Gasteiger partial charge in [0.25, 0.3) is 0 Å². The van der Waals surface area contributed by atoms with Gasteiger partial charge >= 0.3 is 0 Å². The molecular weight excluding hydrogens is 274 g/mol. The van der Waals surface area contributed by atoms with Gasteiger partial charge in [-0.2, -0.15) is 0 Å². The van der Waals surface area contributed by atoms with Crippen molar-refractivity contribution in [2.24, 2.45) is 0 Å². The number of nitrogens with zero attached hydrogens (tertiary/aromatic N) is 1. The van der Waals surface area contributed by atoms with E-state index in [4.69, 9.17) is 0 Å². The number of para-hydroxylation sites is 1. The first-order valence-electron chi connectivity index (χ1n) is 7.24. The summed E-state index contributed by atoms with van der Waals surface area (Å²) in [4.78, 5) is 2.58. The maximum absolute atomic E-state index is 12.5. The summed E-state index contributed by atoms with van der Waals surface area (Å²) in [5.74, 6) is 0. The third-order valence-corrected chi connectivity index (χ3v) is 5.30. The van der Waals surface area contributed by atoms with Crippen molar-refractivity contribution in [3.05, 3.63) is 24.3 Å². The van der Waals surface area contributed by atoms with Crippen molar-refractivity contribution >= 4 is 15.7 Å². The molecule has 1 aliphatic carbocycles. The van der Waals surface area contributed by atoms with Crippen molar-refractivity contribution in [2.45, 2.75) is 30.2 Å². The summed E-state index contributed by atoms with van der Waals surface area (Å²) >= 11 is 0. The van der Waals surface area contributed by atoms with E-state index in [1.165, 1.54) is 0 Å². The number of rotatable bonds is 4. The average Bonchev–Trinajstić information content (AvgIpc) is 3.25. The summed E-state index contributed by atoms with van der Waals surface area (Å²) in [6.45, 7) is 3.62. The minimum Gasteiger partial charge on any atom is -0.369 e. The third kappa shape index (κ3) is 3.13. The van der Waals surface area contributed by atoms with E-state index in [0.717, 1.165) is 51.1 Å². The molecule has 6 heteroatoms. The van der Waals surface area contributed by atoms with Crippen LogP contribution in [0.5, 0.6) is 0 Å². The topological polar surface area (TPSA) is 61.4 Å². The molecule has 3 rings (SSSR count). The summed E-state index contributed by atoms with van der Waals surface area (Å²) in [5, 5.41) is 3.34. The second-order valence-electron chi connectivity index (χ2n) is 5.45. The number of anilines is 1. The van der Waals surface area contributed by atoms with Crippen LogP contribution >= 0.6 is 0 Å². The van der Waals surface area contributed by atoms with Crippen LogP contribution in [-0.2, 0) is 10.0 Å². The van der Waals surface area contributed by atoms with Gasteiger partial charge in [0.1, 0.15) is 4.90 Å². The maximum atomic E-state index is 12.5. The number of nitrogens with one attached hydrogen (secondary N) is 2. The van der Waals surface area contributed by atoms with Crippen LogP contribution in [0.25, 0.3) is 0 Å². The smallest absolute Gasteiger partial charge is 0.242 e. The van der Waals surface area contributed by atoms with E-state index in [1.807, 2.05) is 12.1 Å². The van der Waals surface area contributed by atoms with Gasteiger partial charge in [0, 0.05) is 25.7 Å². The second kappa shape index (κ2) is 5.71. The first-order chi connectivity index (χ1) is 9.67. The number of benzene rings is 1. The highest BCUT2D eigenvalue weighted by Crippen LogP contribution is 2.28. The van der Waals surface area contributed by atoms with Gasteiger partial charge in [-0.25, -0.2) is 13.1 Å². The van der Waals surface area contributed by atoms with Crippen molar-refractivity contribution in [2.75, 3.05) is 31.1 Å². The van der Waals surface area contributed by atoms with Gasteiger partial charge in [0.2, 0.25) is 10.0 Å². The average molecular weight is 295 g/mol. The molecule has 0 radical (unpaired) electrons. The molecule has 0 spiro atoms. The molecule has 1 saturated carbocycles. The van der Waals surface area contributed by atoms with Gasteiger partial charge in [-0.3, -0.25) is 0 Å². The van der Waals surface area contributed by atoms with Crippen LogP contribution in [0.2, 0.25) is 0 Å². The normalized spacial score (nSPS) is 20.7. The predicted octanol–water partition coefficient (Wildman–Crippen LogP) is 0.927. The molecule has 2 aliphatic rings. The molecular formula is C14H21N3O2S. The molecule has 1 heterocycles. The maximum Gasteiger partial charge on any atom is 0.242 e. The Bertz CT molecular complexity index is 562. The lowest BCUT2D eigenvalue weighted by Gasteiger charge is -2.25. The Labute approximate surface area is 120 Å². The Balaban J connectivity index is 1.90. The zero-order valence-electron chi connectivity index (χ0n) is 11.5. The number of sulfonamides is 1. The van der Waals surface area contributed by atoms with Gasteiger partial charge in [0.15, 0.2) is 0 Å². The SMILES string of the molecule is O=S(=O)(NC1CC1)c1ccccc1N1CCCNCC1. The lowest BCUT2D eigenvalue weighted by molar-refractivity contribution is 0.580. The fraction of sp³-hybridized carbons (Fsp3) is 0.571. The van der Waals surface area contributed by atoms with Gasteiger partial charge in [-0.05, 0) is 37.9 Å². The van der Waals surface area contributed by atoms with Crippen molar-refractivity contribution < 1.29 is 8.42 Å². The van der Waals surface area contributed by atoms with E-state index in [2.05, 4.69) is 14.9 Å². The molecule has 110 valence electrons. The lowest BCUT2D eigenvalue weighted by atomic mass is 10.2. The van der Waals surface area contributed by atoms with Crippen molar-refractivity contribution in [3.8, 4) is 0 Å². The summed E-state index contributed by atoms with van der Waals surface area (Å²) in [6, 6.07) is 7.45. The number of hydrogen-bond donors (Lipinski definition) is 2. The molecule has 20 heavy (non-hydrogen) atoms. The third-order valence-electron chi connectivity index (χ3n) is 3.73. The molecule has 1 aliphatic heterocycles. The van der Waals surface area contributed by atoms with E-state index in [0.29, 0.717) is 4.90 Å². The highest BCUT2D eigenvalue weighted by atomic mass is 32.2. The standard InChI is InChI=1S/C14H21N3O2S/c18-20(19,16-12-6-7-12)14-5-2-1-4-13(14)17-10-3-8-15-9-11-17/h1-2,4-5,12,15-16H,3,6-11H2. The van der Waals surface area contributed by atoms with Crippen molar-refractivity contribution in [3.63, 3.8) is 0 Å². The van der Waals surface area contributed by atoms with Crippen LogP contribution in [0, 0.1) is 0 Å². The fourth-order valence-corrected chi connectivity index (χ4v) is 4.05. The largest absolute Gasteiger partial charge is 0.369 e. The van der Waals surface area contributed by atoms with Crippen LogP contribution in [0.4, 0.5) is 5.69 Å². The fourth-order valence-electron chi connectivity index (χ4n) is 2.52. The van der Waals surface area contributed by atoms with Gasteiger partial charge in [-0.1, -0.05) is 12.1 Å². The first kappa shape index (κ1) is 13.9. The molecule has 0 bridgehead atoms. The predicted molar refractivity (Wildman–Crippen MR) is 79.5 cm³/mol. The molecule has 1 aromatic carbocycles. The second-order valence-corrected chi connectivity index (χ2v) is 7.14. The van der Waals surface area contributed by atoms with Crippen LogP contribution in [0.15, 0.2) is 29.2 Å². The van der Waals surface area contributed by atoms with Gasteiger partial charge in [0.05, 0.1) is 5.69 Å². The molecule has 2 fully saturated rings. The minimum atomic E-state index is -3.40. The Morgan fingerprint density at radius 3 is 2.75 bits per heavy atom. The highest BCUT2D eigenvalue weighted by Gasteiger charge is 2.30. The molecule has 2 N–H and O–H groups in total. The zero-order chi connectivity index (χ0) is 14.0. The highest BCUT2D eigenvalue weighted by molar-refractivity contribution is 7.89. The molecule has 0 aromatic heterocycles. The van der Waals surface area contributed by atoms with E-state index in [-0.39, 0.29) is 6.04 Å². The van der Waals surface area contributed by atoms with E-state index in [9.17, 15) is 8.42 Å². The van der Waals surface area contributed by atoms with Crippen molar-refractivity contribution in [1.82, 2.24) is 10.0 Å².